The van der Waals surface area contributed by atoms with Gasteiger partial charge in [0.2, 0.25) is 0 Å². The van der Waals surface area contributed by atoms with Crippen LogP contribution in [0.15, 0.2) is 53.4 Å². The van der Waals surface area contributed by atoms with Gasteiger partial charge in [0.1, 0.15) is 0 Å². The van der Waals surface area contributed by atoms with Gasteiger partial charge in [0.05, 0.1) is 4.90 Å². The molecular formula is C19H23N3O3S. The van der Waals surface area contributed by atoms with Gasteiger partial charge in [-0.15, -0.1) is 0 Å². The number of nitrogens with two attached hydrogens (primary N) is 1. The van der Waals surface area contributed by atoms with E-state index in [1.165, 1.54) is 12.1 Å². The average Bonchev–Trinajstić information content (AvgIpc) is 3.44. The van der Waals surface area contributed by atoms with E-state index in [4.69, 9.17) is 5.73 Å². The van der Waals surface area contributed by atoms with E-state index in [9.17, 15) is 13.2 Å². The van der Waals surface area contributed by atoms with Crippen LogP contribution >= 0.6 is 0 Å². The van der Waals surface area contributed by atoms with Gasteiger partial charge in [-0.1, -0.05) is 18.2 Å². The molecule has 6 nitrogen and oxygen atoms in total. The molecule has 1 atom stereocenters. The molecule has 1 aliphatic carbocycles. The second-order valence-electron chi connectivity index (χ2n) is 6.66. The zero-order valence-corrected chi connectivity index (χ0v) is 15.4. The zero-order valence-electron chi connectivity index (χ0n) is 14.6. The molecule has 1 unspecified atom stereocenters. The van der Waals surface area contributed by atoms with E-state index in [1.54, 1.807) is 30.3 Å². The van der Waals surface area contributed by atoms with Crippen molar-refractivity contribution in [3.63, 3.8) is 0 Å². The van der Waals surface area contributed by atoms with Crippen molar-refractivity contribution >= 4 is 21.6 Å². The molecule has 26 heavy (non-hydrogen) atoms. The molecule has 0 spiro atoms. The highest BCUT2D eigenvalue weighted by molar-refractivity contribution is 7.92. The topological polar surface area (TPSA) is 101 Å². The minimum Gasteiger partial charge on any atom is -0.348 e. The molecule has 2 aromatic rings. The summed E-state index contributed by atoms with van der Waals surface area (Å²) in [6, 6.07) is 13.0. The van der Waals surface area contributed by atoms with Crippen molar-refractivity contribution in [3.8, 4) is 0 Å². The van der Waals surface area contributed by atoms with Gasteiger partial charge in [-0.25, -0.2) is 8.42 Å². The Labute approximate surface area is 153 Å². The Kier molecular flexibility index (Phi) is 5.29. The van der Waals surface area contributed by atoms with Crippen molar-refractivity contribution in [2.24, 2.45) is 11.7 Å². The summed E-state index contributed by atoms with van der Waals surface area (Å²) in [5.74, 6) is 0.124. The molecule has 0 bridgehead atoms. The molecule has 0 aliphatic heterocycles. The summed E-state index contributed by atoms with van der Waals surface area (Å²) >= 11 is 0. The largest absolute Gasteiger partial charge is 0.348 e. The Bertz CT molecular complexity index is 908. The van der Waals surface area contributed by atoms with Crippen LogP contribution in [-0.2, 0) is 10.0 Å². The van der Waals surface area contributed by atoms with Gasteiger partial charge < -0.3 is 11.1 Å². The molecule has 7 heteroatoms. The summed E-state index contributed by atoms with van der Waals surface area (Å²) in [6.07, 6.45) is 2.13. The third kappa shape index (κ3) is 4.42. The summed E-state index contributed by atoms with van der Waals surface area (Å²) in [6.45, 7) is 2.26. The number of benzene rings is 2. The van der Waals surface area contributed by atoms with Crippen molar-refractivity contribution in [2.75, 3.05) is 11.3 Å². The van der Waals surface area contributed by atoms with E-state index in [0.29, 0.717) is 23.7 Å². The monoisotopic (exact) mass is 373 g/mol. The van der Waals surface area contributed by atoms with E-state index in [2.05, 4.69) is 10.0 Å². The van der Waals surface area contributed by atoms with Crippen LogP contribution in [0.1, 0.15) is 28.8 Å². The van der Waals surface area contributed by atoms with E-state index in [-0.39, 0.29) is 16.8 Å². The van der Waals surface area contributed by atoms with Gasteiger partial charge in [-0.3, -0.25) is 9.52 Å². The summed E-state index contributed by atoms with van der Waals surface area (Å²) < 4.78 is 27.8. The molecule has 0 aromatic heterocycles. The molecule has 4 N–H and O–H groups in total. The van der Waals surface area contributed by atoms with Gasteiger partial charge in [-0.05, 0) is 61.6 Å². The van der Waals surface area contributed by atoms with Crippen LogP contribution < -0.4 is 15.8 Å². The highest BCUT2D eigenvalue weighted by Gasteiger charge is 2.31. The summed E-state index contributed by atoms with van der Waals surface area (Å²) in [4.78, 5) is 12.5. The number of hydrogen-bond acceptors (Lipinski definition) is 4. The van der Waals surface area contributed by atoms with Gasteiger partial charge in [-0.2, -0.15) is 0 Å². The number of carbonyl (C=O) groups excluding carboxylic acids is 1. The van der Waals surface area contributed by atoms with E-state index >= 15 is 0 Å². The third-order valence-corrected chi connectivity index (χ3v) is 5.82. The Balaban J connectivity index is 1.78. The molecule has 0 radical (unpaired) electrons. The number of carbonyl (C=O) groups is 1. The first-order valence-corrected chi connectivity index (χ1v) is 10.1. The fraction of sp³-hybridized carbons (Fsp3) is 0.316. The number of anilines is 1. The van der Waals surface area contributed by atoms with Crippen LogP contribution in [0.5, 0.6) is 0 Å². The molecule has 1 aliphatic rings. The predicted octanol–water partition coefficient (Wildman–Crippen LogP) is 2.26. The lowest BCUT2D eigenvalue weighted by atomic mass is 10.1. The first-order valence-electron chi connectivity index (χ1n) is 8.59. The van der Waals surface area contributed by atoms with Crippen LogP contribution in [0.2, 0.25) is 0 Å². The van der Waals surface area contributed by atoms with Crippen molar-refractivity contribution in [1.82, 2.24) is 5.32 Å². The second kappa shape index (κ2) is 7.47. The maximum atomic E-state index is 12.6. The Morgan fingerprint density at radius 3 is 2.58 bits per heavy atom. The molecule has 1 saturated carbocycles. The number of aryl methyl sites for hydroxylation is 1. The first kappa shape index (κ1) is 18.4. The Hall–Kier alpha value is -2.38. The molecule has 138 valence electrons. The van der Waals surface area contributed by atoms with Crippen LogP contribution in [0.25, 0.3) is 0 Å². The number of nitrogens with one attached hydrogen (secondary N) is 2. The minimum absolute atomic E-state index is 0.0439. The van der Waals surface area contributed by atoms with Crippen LogP contribution in [0, 0.1) is 12.8 Å². The molecule has 1 amide bonds. The van der Waals surface area contributed by atoms with E-state index in [1.807, 2.05) is 13.0 Å². The molecule has 3 rings (SSSR count). The molecule has 0 heterocycles. The number of hydrogen-bond donors (Lipinski definition) is 3. The molecule has 0 saturated heterocycles. The number of amides is 1. The maximum absolute atomic E-state index is 12.6. The fourth-order valence-electron chi connectivity index (χ4n) is 2.85. The van der Waals surface area contributed by atoms with Crippen molar-refractivity contribution in [1.29, 1.82) is 0 Å². The van der Waals surface area contributed by atoms with Crippen molar-refractivity contribution in [3.05, 3.63) is 59.7 Å². The first-order chi connectivity index (χ1) is 12.4. The van der Waals surface area contributed by atoms with Gasteiger partial charge in [0.15, 0.2) is 0 Å². The van der Waals surface area contributed by atoms with E-state index in [0.717, 1.165) is 18.4 Å². The lowest BCUT2D eigenvalue weighted by molar-refractivity contribution is 0.0933. The lowest BCUT2D eigenvalue weighted by Crippen LogP contribution is -2.41. The van der Waals surface area contributed by atoms with Crippen LogP contribution in [0.4, 0.5) is 5.69 Å². The lowest BCUT2D eigenvalue weighted by Gasteiger charge is -2.16. The number of rotatable bonds is 7. The van der Waals surface area contributed by atoms with Crippen LogP contribution in [0.3, 0.4) is 0 Å². The summed E-state index contributed by atoms with van der Waals surface area (Å²) in [5.41, 5.74) is 7.45. The SMILES string of the molecule is Cc1cccc(NS(=O)(=O)c2cccc(C(=O)NC(CN)C3CC3)c2)c1. The third-order valence-electron chi connectivity index (χ3n) is 4.44. The van der Waals surface area contributed by atoms with Gasteiger partial charge in [0, 0.05) is 23.8 Å². The quantitative estimate of drug-likeness (QED) is 0.693. The minimum atomic E-state index is -3.78. The fourth-order valence-corrected chi connectivity index (χ4v) is 3.94. The number of sulfonamides is 1. The molecule has 1 fully saturated rings. The Morgan fingerprint density at radius 2 is 1.92 bits per heavy atom. The Morgan fingerprint density at radius 1 is 1.19 bits per heavy atom. The normalized spacial score (nSPS) is 15.3. The van der Waals surface area contributed by atoms with Crippen LogP contribution in [-0.4, -0.2) is 26.9 Å². The summed E-state index contributed by atoms with van der Waals surface area (Å²) in [5, 5.41) is 2.90. The van der Waals surface area contributed by atoms with Crippen molar-refractivity contribution in [2.45, 2.75) is 30.7 Å². The zero-order chi connectivity index (χ0) is 18.7. The van der Waals surface area contributed by atoms with E-state index < -0.39 is 10.0 Å². The summed E-state index contributed by atoms with van der Waals surface area (Å²) in [7, 11) is -3.78. The highest BCUT2D eigenvalue weighted by Crippen LogP contribution is 2.32. The average molecular weight is 373 g/mol. The van der Waals surface area contributed by atoms with Gasteiger partial charge in [0.25, 0.3) is 15.9 Å². The smallest absolute Gasteiger partial charge is 0.261 e. The predicted molar refractivity (Wildman–Crippen MR) is 101 cm³/mol. The van der Waals surface area contributed by atoms with Gasteiger partial charge >= 0.3 is 0 Å². The molecule has 2 aromatic carbocycles. The highest BCUT2D eigenvalue weighted by atomic mass is 32.2. The maximum Gasteiger partial charge on any atom is 0.261 e. The molecular weight excluding hydrogens is 350 g/mol. The standard InChI is InChI=1S/C19H23N3O3S/c1-13-4-2-6-16(10-13)22-26(24,25)17-7-3-5-15(11-17)19(23)21-18(12-20)14-8-9-14/h2-7,10-11,14,18,22H,8-9,12,20H2,1H3,(H,21,23). The van der Waals surface area contributed by atoms with Crippen molar-refractivity contribution < 1.29 is 13.2 Å². The second-order valence-corrected chi connectivity index (χ2v) is 8.34.